The lowest BCUT2D eigenvalue weighted by Gasteiger charge is -2.35. The van der Waals surface area contributed by atoms with Crippen LogP contribution in [0.1, 0.15) is 29.8 Å². The van der Waals surface area contributed by atoms with E-state index in [0.29, 0.717) is 11.5 Å². The summed E-state index contributed by atoms with van der Waals surface area (Å²) < 4.78 is 0. The SMILES string of the molecule is CNC(=O)C1CCCN(c2cc(C)nc(C)c2C(N)=S)C1. The maximum atomic E-state index is 11.9. The summed E-state index contributed by atoms with van der Waals surface area (Å²) in [7, 11) is 1.68. The predicted molar refractivity (Wildman–Crippen MR) is 88.6 cm³/mol. The number of thiocarbonyl (C=S) groups is 1. The quantitative estimate of drug-likeness (QED) is 0.824. The van der Waals surface area contributed by atoms with Crippen LogP contribution in [0.4, 0.5) is 5.69 Å². The van der Waals surface area contributed by atoms with Crippen molar-refractivity contribution in [2.75, 3.05) is 25.0 Å². The number of nitrogens with one attached hydrogen (secondary N) is 1. The summed E-state index contributed by atoms with van der Waals surface area (Å²) in [6.07, 6.45) is 1.90. The molecule has 0 aliphatic carbocycles. The van der Waals surface area contributed by atoms with Gasteiger partial charge < -0.3 is 16.0 Å². The lowest BCUT2D eigenvalue weighted by Crippen LogP contribution is -2.43. The zero-order valence-electron chi connectivity index (χ0n) is 12.8. The number of aryl methyl sites for hydroxylation is 2. The Labute approximate surface area is 130 Å². The number of anilines is 1. The van der Waals surface area contributed by atoms with Crippen molar-refractivity contribution in [1.29, 1.82) is 0 Å². The number of nitrogens with zero attached hydrogens (tertiary/aromatic N) is 2. The summed E-state index contributed by atoms with van der Waals surface area (Å²) in [5.74, 6) is 0.107. The fourth-order valence-corrected chi connectivity index (χ4v) is 3.23. The summed E-state index contributed by atoms with van der Waals surface area (Å²) in [5.41, 5.74) is 9.49. The minimum Gasteiger partial charge on any atom is -0.389 e. The van der Waals surface area contributed by atoms with E-state index in [1.165, 1.54) is 0 Å². The number of hydrogen-bond acceptors (Lipinski definition) is 4. The van der Waals surface area contributed by atoms with Crippen molar-refractivity contribution < 1.29 is 4.79 Å². The molecule has 6 heteroatoms. The molecule has 1 aromatic heterocycles. The number of piperidine rings is 1. The molecule has 1 aromatic rings. The van der Waals surface area contributed by atoms with Crippen molar-refractivity contribution in [2.45, 2.75) is 26.7 Å². The van der Waals surface area contributed by atoms with Crippen LogP contribution in [0.25, 0.3) is 0 Å². The average molecular weight is 306 g/mol. The van der Waals surface area contributed by atoms with Gasteiger partial charge >= 0.3 is 0 Å². The maximum absolute atomic E-state index is 11.9. The Morgan fingerprint density at radius 2 is 2.24 bits per heavy atom. The van der Waals surface area contributed by atoms with Crippen LogP contribution >= 0.6 is 12.2 Å². The first kappa shape index (κ1) is 15.7. The maximum Gasteiger partial charge on any atom is 0.224 e. The lowest BCUT2D eigenvalue weighted by atomic mass is 9.96. The molecule has 0 aromatic carbocycles. The molecular weight excluding hydrogens is 284 g/mol. The zero-order chi connectivity index (χ0) is 15.6. The summed E-state index contributed by atoms with van der Waals surface area (Å²) >= 11 is 5.19. The van der Waals surface area contributed by atoms with Crippen molar-refractivity contribution in [3.63, 3.8) is 0 Å². The van der Waals surface area contributed by atoms with Crippen molar-refractivity contribution in [1.82, 2.24) is 10.3 Å². The number of aromatic nitrogens is 1. The second kappa shape index (κ2) is 6.39. The molecule has 2 heterocycles. The Balaban J connectivity index is 2.37. The van der Waals surface area contributed by atoms with E-state index >= 15 is 0 Å². The van der Waals surface area contributed by atoms with Gasteiger partial charge in [0.2, 0.25) is 5.91 Å². The second-order valence-corrected chi connectivity index (χ2v) is 5.95. The molecule has 1 saturated heterocycles. The molecule has 3 N–H and O–H groups in total. The fourth-order valence-electron chi connectivity index (χ4n) is 2.98. The summed E-state index contributed by atoms with van der Waals surface area (Å²) in [6, 6.07) is 2.01. The van der Waals surface area contributed by atoms with E-state index in [9.17, 15) is 4.79 Å². The van der Waals surface area contributed by atoms with E-state index in [4.69, 9.17) is 18.0 Å². The van der Waals surface area contributed by atoms with E-state index in [0.717, 1.165) is 42.0 Å². The van der Waals surface area contributed by atoms with Gasteiger partial charge in [-0.3, -0.25) is 9.78 Å². The number of amides is 1. The number of carbonyl (C=O) groups is 1. The highest BCUT2D eigenvalue weighted by molar-refractivity contribution is 7.80. The molecule has 2 rings (SSSR count). The monoisotopic (exact) mass is 306 g/mol. The number of carbonyl (C=O) groups excluding carboxylic acids is 1. The number of rotatable bonds is 3. The van der Waals surface area contributed by atoms with E-state index in [1.54, 1.807) is 7.05 Å². The largest absolute Gasteiger partial charge is 0.389 e. The Bertz CT molecular complexity index is 573. The molecule has 21 heavy (non-hydrogen) atoms. The van der Waals surface area contributed by atoms with Gasteiger partial charge in [0, 0.05) is 31.5 Å². The number of pyridine rings is 1. The lowest BCUT2D eigenvalue weighted by molar-refractivity contribution is -0.124. The molecule has 5 nitrogen and oxygen atoms in total. The molecule has 1 aliphatic rings. The molecule has 1 atom stereocenters. The van der Waals surface area contributed by atoms with E-state index in [2.05, 4.69) is 15.2 Å². The first-order valence-corrected chi connectivity index (χ1v) is 7.59. The highest BCUT2D eigenvalue weighted by atomic mass is 32.1. The predicted octanol–water partition coefficient (Wildman–Crippen LogP) is 1.30. The summed E-state index contributed by atoms with van der Waals surface area (Å²) in [6.45, 7) is 5.48. The molecule has 0 bridgehead atoms. The van der Waals surface area contributed by atoms with Crippen molar-refractivity contribution in [3.05, 3.63) is 23.0 Å². The minimum atomic E-state index is 0.0109. The van der Waals surface area contributed by atoms with Crippen LogP contribution in [0.3, 0.4) is 0 Å². The molecule has 0 radical (unpaired) electrons. The van der Waals surface area contributed by atoms with Gasteiger partial charge in [0.1, 0.15) is 4.99 Å². The third-order valence-corrected chi connectivity index (χ3v) is 4.14. The van der Waals surface area contributed by atoms with Crippen LogP contribution in [-0.2, 0) is 4.79 Å². The Morgan fingerprint density at radius 1 is 1.52 bits per heavy atom. The molecule has 1 amide bonds. The van der Waals surface area contributed by atoms with Crippen molar-refractivity contribution >= 4 is 28.8 Å². The van der Waals surface area contributed by atoms with E-state index in [1.807, 2.05) is 19.9 Å². The highest BCUT2D eigenvalue weighted by Gasteiger charge is 2.27. The summed E-state index contributed by atoms with van der Waals surface area (Å²) in [4.78, 5) is 18.9. The van der Waals surface area contributed by atoms with Gasteiger partial charge in [0.25, 0.3) is 0 Å². The molecule has 1 unspecified atom stereocenters. The molecular formula is C15H22N4OS. The van der Waals surface area contributed by atoms with Gasteiger partial charge in [0.15, 0.2) is 0 Å². The van der Waals surface area contributed by atoms with Crippen LogP contribution in [0, 0.1) is 19.8 Å². The first-order valence-electron chi connectivity index (χ1n) is 7.18. The van der Waals surface area contributed by atoms with Gasteiger partial charge in [-0.25, -0.2) is 0 Å². The van der Waals surface area contributed by atoms with E-state index in [-0.39, 0.29) is 11.8 Å². The van der Waals surface area contributed by atoms with Crippen LogP contribution in [-0.4, -0.2) is 36.0 Å². The average Bonchev–Trinajstić information content (AvgIpc) is 2.45. The zero-order valence-corrected chi connectivity index (χ0v) is 13.6. The second-order valence-electron chi connectivity index (χ2n) is 5.51. The molecule has 0 saturated carbocycles. The van der Waals surface area contributed by atoms with Gasteiger partial charge in [-0.15, -0.1) is 0 Å². The summed E-state index contributed by atoms with van der Waals surface area (Å²) in [5, 5.41) is 2.74. The first-order chi connectivity index (χ1) is 9.93. The van der Waals surface area contributed by atoms with Crippen LogP contribution in [0.5, 0.6) is 0 Å². The Hall–Kier alpha value is -1.69. The number of hydrogen-bond donors (Lipinski definition) is 2. The van der Waals surface area contributed by atoms with Gasteiger partial charge in [-0.1, -0.05) is 12.2 Å². The third-order valence-electron chi connectivity index (χ3n) is 3.93. The smallest absolute Gasteiger partial charge is 0.224 e. The molecule has 114 valence electrons. The van der Waals surface area contributed by atoms with Crippen molar-refractivity contribution in [3.8, 4) is 0 Å². The fraction of sp³-hybridized carbons (Fsp3) is 0.533. The molecule has 1 fully saturated rings. The third kappa shape index (κ3) is 3.32. The van der Waals surface area contributed by atoms with Gasteiger partial charge in [-0.2, -0.15) is 0 Å². The van der Waals surface area contributed by atoms with Crippen molar-refractivity contribution in [2.24, 2.45) is 11.7 Å². The van der Waals surface area contributed by atoms with Crippen LogP contribution in [0.15, 0.2) is 6.07 Å². The number of nitrogens with two attached hydrogens (primary N) is 1. The minimum absolute atomic E-state index is 0.0109. The topological polar surface area (TPSA) is 71.2 Å². The van der Waals surface area contributed by atoms with Crippen LogP contribution in [0.2, 0.25) is 0 Å². The standard InChI is InChI=1S/C15H22N4OS/c1-9-7-12(13(14(16)21)10(2)18-9)19-6-4-5-11(8-19)15(20)17-3/h7,11H,4-6,8H2,1-3H3,(H2,16,21)(H,17,20). The van der Waals surface area contributed by atoms with Crippen LogP contribution < -0.4 is 16.0 Å². The van der Waals surface area contributed by atoms with Gasteiger partial charge in [0.05, 0.1) is 17.2 Å². The van der Waals surface area contributed by atoms with E-state index < -0.39 is 0 Å². The van der Waals surface area contributed by atoms with Gasteiger partial charge in [-0.05, 0) is 32.8 Å². The molecule has 0 spiro atoms. The normalized spacial score (nSPS) is 18.4. The Kier molecular flexibility index (Phi) is 4.77. The highest BCUT2D eigenvalue weighted by Crippen LogP contribution is 2.28. The molecule has 1 aliphatic heterocycles. The Morgan fingerprint density at radius 3 is 2.86 bits per heavy atom.